The van der Waals surface area contributed by atoms with Gasteiger partial charge in [0, 0.05) is 5.69 Å². The Hall–Kier alpha value is -3.50. The molecule has 1 aliphatic heterocycles. The van der Waals surface area contributed by atoms with Crippen molar-refractivity contribution < 1.29 is 33.4 Å². The van der Waals surface area contributed by atoms with Crippen LogP contribution in [0.2, 0.25) is 5.02 Å². The maximum absolute atomic E-state index is 12.8. The van der Waals surface area contributed by atoms with Crippen molar-refractivity contribution in [2.75, 3.05) is 32.2 Å². The molecule has 1 heterocycles. The van der Waals surface area contributed by atoms with Crippen LogP contribution < -0.4 is 14.8 Å². The quantitative estimate of drug-likeness (QED) is 0.387. The first kappa shape index (κ1) is 26.1. The molecule has 184 valence electrons. The molecule has 0 bridgehead atoms. The lowest BCUT2D eigenvalue weighted by Gasteiger charge is -2.13. The van der Waals surface area contributed by atoms with Crippen LogP contribution in [0.25, 0.3) is 6.08 Å². The number of amides is 3. The minimum atomic E-state index is -0.600. The third-order valence-electron chi connectivity index (χ3n) is 4.70. The molecule has 0 aromatic heterocycles. The van der Waals surface area contributed by atoms with Crippen LogP contribution in [-0.4, -0.2) is 54.8 Å². The Morgan fingerprint density at radius 3 is 2.54 bits per heavy atom. The average Bonchev–Trinajstić information content (AvgIpc) is 3.07. The smallest absolute Gasteiger partial charge is 0.344 e. The molecule has 1 aliphatic rings. The molecule has 2 aromatic rings. The molecule has 1 saturated heterocycles. The van der Waals surface area contributed by atoms with Crippen molar-refractivity contribution in [3.63, 3.8) is 0 Å². The van der Waals surface area contributed by atoms with Gasteiger partial charge in [-0.05, 0) is 61.5 Å². The van der Waals surface area contributed by atoms with Crippen LogP contribution in [0.5, 0.6) is 11.5 Å². The molecule has 9 nitrogen and oxygen atoms in total. The van der Waals surface area contributed by atoms with E-state index in [-0.39, 0.29) is 34.6 Å². The molecule has 3 rings (SSSR count). The number of imide groups is 1. The number of carbonyl (C=O) groups is 4. The number of halogens is 1. The standard InChI is InChI=1S/C24H23ClN2O7S/c1-4-33-21(29)13-34-22-17(25)9-15(10-18(22)32-3)11-19-23(30)27(24(31)35-19)12-20(28)26-16-7-5-14(2)6-8-16/h5-11H,4,12-13H2,1-3H3,(H,26,28). The van der Waals surface area contributed by atoms with E-state index in [2.05, 4.69) is 5.32 Å². The fourth-order valence-corrected chi connectivity index (χ4v) is 4.18. The number of hydrogen-bond acceptors (Lipinski definition) is 8. The summed E-state index contributed by atoms with van der Waals surface area (Å²) in [5, 5.41) is 2.24. The Labute approximate surface area is 211 Å². The van der Waals surface area contributed by atoms with E-state index in [0.717, 1.165) is 10.5 Å². The molecule has 11 heteroatoms. The molecule has 1 N–H and O–H groups in total. The summed E-state index contributed by atoms with van der Waals surface area (Å²) in [7, 11) is 1.40. The first-order valence-electron chi connectivity index (χ1n) is 10.5. The fraction of sp³-hybridized carbons (Fsp3) is 0.250. The van der Waals surface area contributed by atoms with E-state index >= 15 is 0 Å². The van der Waals surface area contributed by atoms with Crippen LogP contribution in [0.15, 0.2) is 41.3 Å². The van der Waals surface area contributed by atoms with Crippen molar-refractivity contribution >= 4 is 58.1 Å². The number of thioether (sulfide) groups is 1. The predicted octanol–water partition coefficient (Wildman–Crippen LogP) is 4.27. The summed E-state index contributed by atoms with van der Waals surface area (Å²) in [6.07, 6.45) is 1.46. The zero-order valence-corrected chi connectivity index (χ0v) is 20.8. The second-order valence-electron chi connectivity index (χ2n) is 7.31. The van der Waals surface area contributed by atoms with Gasteiger partial charge in [0.15, 0.2) is 18.1 Å². The van der Waals surface area contributed by atoms with Crippen LogP contribution in [0.3, 0.4) is 0 Å². The number of carbonyl (C=O) groups excluding carboxylic acids is 4. The number of anilines is 1. The molecule has 2 aromatic carbocycles. The van der Waals surface area contributed by atoms with Gasteiger partial charge in [0.05, 0.1) is 23.6 Å². The Morgan fingerprint density at radius 2 is 1.89 bits per heavy atom. The molecule has 0 atom stereocenters. The number of nitrogens with zero attached hydrogens (tertiary/aromatic N) is 1. The second-order valence-corrected chi connectivity index (χ2v) is 8.71. The highest BCUT2D eigenvalue weighted by atomic mass is 35.5. The fourth-order valence-electron chi connectivity index (χ4n) is 3.07. The van der Waals surface area contributed by atoms with Gasteiger partial charge in [-0.1, -0.05) is 29.3 Å². The number of rotatable bonds is 9. The summed E-state index contributed by atoms with van der Waals surface area (Å²) in [4.78, 5) is 50.1. The summed E-state index contributed by atoms with van der Waals surface area (Å²) in [6, 6.07) is 10.2. The van der Waals surface area contributed by atoms with Crippen LogP contribution in [0.4, 0.5) is 10.5 Å². The molecule has 35 heavy (non-hydrogen) atoms. The van der Waals surface area contributed by atoms with Gasteiger partial charge < -0.3 is 19.5 Å². The minimum absolute atomic E-state index is 0.122. The highest BCUT2D eigenvalue weighted by molar-refractivity contribution is 8.18. The van der Waals surface area contributed by atoms with Crippen molar-refractivity contribution in [1.82, 2.24) is 4.90 Å². The topological polar surface area (TPSA) is 111 Å². The number of methoxy groups -OCH3 is 1. The largest absolute Gasteiger partial charge is 0.493 e. The zero-order chi connectivity index (χ0) is 25.5. The number of benzene rings is 2. The lowest BCUT2D eigenvalue weighted by molar-refractivity contribution is -0.145. The lowest BCUT2D eigenvalue weighted by atomic mass is 10.1. The molecule has 0 radical (unpaired) electrons. The third kappa shape index (κ3) is 6.77. The van der Waals surface area contributed by atoms with Crippen molar-refractivity contribution in [2.45, 2.75) is 13.8 Å². The second kappa shape index (κ2) is 11.8. The van der Waals surface area contributed by atoms with E-state index in [9.17, 15) is 19.2 Å². The molecule has 1 fully saturated rings. The molecule has 0 aliphatic carbocycles. The van der Waals surface area contributed by atoms with Crippen LogP contribution >= 0.6 is 23.4 Å². The van der Waals surface area contributed by atoms with Crippen molar-refractivity contribution in [2.24, 2.45) is 0 Å². The van der Waals surface area contributed by atoms with Gasteiger partial charge in [-0.3, -0.25) is 19.3 Å². The van der Waals surface area contributed by atoms with Gasteiger partial charge in [0.1, 0.15) is 6.54 Å². The highest BCUT2D eigenvalue weighted by Crippen LogP contribution is 2.39. The van der Waals surface area contributed by atoms with E-state index in [1.807, 2.05) is 19.1 Å². The van der Waals surface area contributed by atoms with Crippen molar-refractivity contribution in [1.29, 1.82) is 0 Å². The number of ether oxygens (including phenoxy) is 3. The minimum Gasteiger partial charge on any atom is -0.493 e. The number of nitrogens with one attached hydrogen (secondary N) is 1. The Balaban J connectivity index is 1.72. The summed E-state index contributed by atoms with van der Waals surface area (Å²) in [5.74, 6) is -1.29. The van der Waals surface area contributed by atoms with Gasteiger partial charge >= 0.3 is 5.97 Å². The van der Waals surface area contributed by atoms with E-state index in [1.165, 1.54) is 19.3 Å². The van der Waals surface area contributed by atoms with Crippen LogP contribution in [0, 0.1) is 6.92 Å². The molecule has 0 spiro atoms. The lowest BCUT2D eigenvalue weighted by Crippen LogP contribution is -2.36. The monoisotopic (exact) mass is 518 g/mol. The number of aryl methyl sites for hydroxylation is 1. The Morgan fingerprint density at radius 1 is 1.17 bits per heavy atom. The first-order chi connectivity index (χ1) is 16.7. The highest BCUT2D eigenvalue weighted by Gasteiger charge is 2.36. The third-order valence-corrected chi connectivity index (χ3v) is 5.89. The summed E-state index contributed by atoms with van der Waals surface area (Å²) in [6.45, 7) is 3.05. The number of esters is 1. The molecule has 0 unspecified atom stereocenters. The molecular formula is C24H23ClN2O7S. The summed E-state index contributed by atoms with van der Waals surface area (Å²) >= 11 is 7.01. The summed E-state index contributed by atoms with van der Waals surface area (Å²) in [5.41, 5.74) is 2.06. The SMILES string of the molecule is CCOC(=O)COc1c(Cl)cc(C=C2SC(=O)N(CC(=O)Nc3ccc(C)cc3)C2=O)cc1OC. The maximum Gasteiger partial charge on any atom is 0.344 e. The van der Waals surface area contributed by atoms with E-state index in [1.54, 1.807) is 25.1 Å². The van der Waals surface area contributed by atoms with Crippen molar-refractivity contribution in [3.05, 3.63) is 57.5 Å². The van der Waals surface area contributed by atoms with Gasteiger partial charge in [-0.15, -0.1) is 0 Å². The van der Waals surface area contributed by atoms with Crippen LogP contribution in [-0.2, 0) is 19.1 Å². The van der Waals surface area contributed by atoms with Gasteiger partial charge in [0.2, 0.25) is 5.91 Å². The molecule has 3 amide bonds. The van der Waals surface area contributed by atoms with Crippen LogP contribution in [0.1, 0.15) is 18.1 Å². The van der Waals surface area contributed by atoms with E-state index < -0.39 is 29.6 Å². The van der Waals surface area contributed by atoms with Gasteiger partial charge in [-0.25, -0.2) is 4.79 Å². The van der Waals surface area contributed by atoms with Crippen molar-refractivity contribution in [3.8, 4) is 11.5 Å². The first-order valence-corrected chi connectivity index (χ1v) is 11.7. The molecule has 0 saturated carbocycles. The molecular weight excluding hydrogens is 496 g/mol. The summed E-state index contributed by atoms with van der Waals surface area (Å²) < 4.78 is 15.5. The Kier molecular flexibility index (Phi) is 8.78. The maximum atomic E-state index is 12.8. The number of hydrogen-bond donors (Lipinski definition) is 1. The zero-order valence-electron chi connectivity index (χ0n) is 19.3. The predicted molar refractivity (Wildman–Crippen MR) is 133 cm³/mol. The van der Waals surface area contributed by atoms with E-state index in [4.69, 9.17) is 25.8 Å². The van der Waals surface area contributed by atoms with E-state index in [0.29, 0.717) is 23.0 Å². The Bertz CT molecular complexity index is 1180. The normalized spacial score (nSPS) is 14.3. The van der Waals surface area contributed by atoms with Gasteiger partial charge in [0.25, 0.3) is 11.1 Å². The van der Waals surface area contributed by atoms with Gasteiger partial charge in [-0.2, -0.15) is 0 Å². The average molecular weight is 519 g/mol.